The Hall–Kier alpha value is -3.61. The van der Waals surface area contributed by atoms with Crippen LogP contribution in [0.1, 0.15) is 21.6 Å². The molecule has 0 saturated heterocycles. The van der Waals surface area contributed by atoms with Crippen LogP contribution < -0.4 is 14.9 Å². The fourth-order valence-corrected chi connectivity index (χ4v) is 2.38. The van der Waals surface area contributed by atoms with Crippen molar-refractivity contribution in [1.29, 1.82) is 0 Å². The predicted molar refractivity (Wildman–Crippen MR) is 102 cm³/mol. The number of carbonyl (C=O) groups excluding carboxylic acids is 1. The second kappa shape index (κ2) is 8.66. The molecule has 3 aromatic rings. The lowest BCUT2D eigenvalue weighted by atomic mass is 10.2. The highest BCUT2D eigenvalue weighted by Crippen LogP contribution is 2.28. The van der Waals surface area contributed by atoms with Crippen LogP contribution in [0.15, 0.2) is 65.9 Å². The first-order valence-electron chi connectivity index (χ1n) is 8.33. The summed E-state index contributed by atoms with van der Waals surface area (Å²) in [4.78, 5) is 11.9. The Morgan fingerprint density at radius 3 is 2.70 bits per heavy atom. The fourth-order valence-electron chi connectivity index (χ4n) is 2.38. The second-order valence-corrected chi connectivity index (χ2v) is 5.76. The van der Waals surface area contributed by atoms with E-state index in [9.17, 15) is 4.79 Å². The van der Waals surface area contributed by atoms with Crippen molar-refractivity contribution in [2.45, 2.75) is 6.61 Å². The van der Waals surface area contributed by atoms with Crippen molar-refractivity contribution >= 4 is 12.1 Å². The van der Waals surface area contributed by atoms with Crippen LogP contribution in [-0.2, 0) is 13.7 Å². The first-order valence-corrected chi connectivity index (χ1v) is 8.33. The topological polar surface area (TPSA) is 77.7 Å². The molecule has 0 fully saturated rings. The van der Waals surface area contributed by atoms with Crippen LogP contribution in [-0.4, -0.2) is 29.0 Å². The summed E-state index contributed by atoms with van der Waals surface area (Å²) in [5.74, 6) is 0.851. The summed E-state index contributed by atoms with van der Waals surface area (Å²) < 4.78 is 12.8. The quantitative estimate of drug-likeness (QED) is 0.517. The number of rotatable bonds is 7. The van der Waals surface area contributed by atoms with Gasteiger partial charge in [-0.3, -0.25) is 9.48 Å². The molecule has 1 N–H and O–H groups in total. The molecule has 3 rings (SSSR count). The normalized spacial score (nSPS) is 10.7. The third-order valence-electron chi connectivity index (χ3n) is 3.75. The van der Waals surface area contributed by atoms with Crippen LogP contribution in [0.2, 0.25) is 0 Å². The van der Waals surface area contributed by atoms with Crippen molar-refractivity contribution in [3.05, 3.63) is 77.6 Å². The summed E-state index contributed by atoms with van der Waals surface area (Å²) in [7, 11) is 3.32. The lowest BCUT2D eigenvalue weighted by Crippen LogP contribution is -2.18. The zero-order valence-corrected chi connectivity index (χ0v) is 15.1. The maximum Gasteiger partial charge on any atom is 0.291 e. The summed E-state index contributed by atoms with van der Waals surface area (Å²) in [5.41, 5.74) is 4.58. The van der Waals surface area contributed by atoms with Gasteiger partial charge in [0.2, 0.25) is 0 Å². The Bertz CT molecular complexity index is 935. The molecule has 7 heteroatoms. The van der Waals surface area contributed by atoms with Gasteiger partial charge in [0.05, 0.1) is 13.3 Å². The average Bonchev–Trinajstić information content (AvgIpc) is 3.14. The molecule has 7 nitrogen and oxygen atoms in total. The molecule has 138 valence electrons. The molecule has 1 aromatic heterocycles. The highest BCUT2D eigenvalue weighted by atomic mass is 16.5. The average molecular weight is 364 g/mol. The number of aromatic nitrogens is 2. The lowest BCUT2D eigenvalue weighted by molar-refractivity contribution is 0.0949. The minimum Gasteiger partial charge on any atom is -0.493 e. The number of nitrogens with one attached hydrogen (secondary N) is 1. The van der Waals surface area contributed by atoms with Crippen LogP contribution in [0.3, 0.4) is 0 Å². The number of hydrogen-bond acceptors (Lipinski definition) is 5. The lowest BCUT2D eigenvalue weighted by Gasteiger charge is -2.11. The van der Waals surface area contributed by atoms with Gasteiger partial charge in [-0.25, -0.2) is 5.43 Å². The number of nitrogens with zero attached hydrogens (tertiary/aromatic N) is 3. The number of aryl methyl sites for hydroxylation is 1. The Morgan fingerprint density at radius 2 is 2.00 bits per heavy atom. The molecule has 0 bridgehead atoms. The van der Waals surface area contributed by atoms with Crippen LogP contribution in [0.5, 0.6) is 11.5 Å². The number of ether oxygens (including phenoxy) is 2. The molecule has 0 radical (unpaired) electrons. The summed E-state index contributed by atoms with van der Waals surface area (Å²) >= 11 is 0. The van der Waals surface area contributed by atoms with Gasteiger partial charge in [0.1, 0.15) is 6.61 Å². The molecule has 0 aliphatic heterocycles. The van der Waals surface area contributed by atoms with E-state index in [1.54, 1.807) is 37.2 Å². The molecule has 0 atom stereocenters. The number of methoxy groups -OCH3 is 1. The molecule has 0 aliphatic rings. The van der Waals surface area contributed by atoms with E-state index in [0.29, 0.717) is 23.8 Å². The summed E-state index contributed by atoms with van der Waals surface area (Å²) in [6.07, 6.45) is 3.22. The highest BCUT2D eigenvalue weighted by molar-refractivity contribution is 5.93. The second-order valence-electron chi connectivity index (χ2n) is 5.76. The van der Waals surface area contributed by atoms with Crippen molar-refractivity contribution in [1.82, 2.24) is 15.2 Å². The minimum atomic E-state index is -0.373. The smallest absolute Gasteiger partial charge is 0.291 e. The van der Waals surface area contributed by atoms with E-state index in [1.165, 1.54) is 6.21 Å². The standard InChI is InChI=1S/C20H20N4O3/c1-24-11-10-17(23-24)20(25)22-21-13-16-8-9-18(19(12-16)26-2)27-14-15-6-4-3-5-7-15/h3-13H,14H2,1-2H3,(H,22,25)/b21-13-. The first-order chi connectivity index (χ1) is 13.2. The van der Waals surface area contributed by atoms with E-state index < -0.39 is 0 Å². The van der Waals surface area contributed by atoms with Gasteiger partial charge in [-0.1, -0.05) is 30.3 Å². The molecule has 1 amide bonds. The van der Waals surface area contributed by atoms with Crippen molar-refractivity contribution in [3.63, 3.8) is 0 Å². The van der Waals surface area contributed by atoms with Gasteiger partial charge in [-0.15, -0.1) is 0 Å². The van der Waals surface area contributed by atoms with Gasteiger partial charge < -0.3 is 9.47 Å². The van der Waals surface area contributed by atoms with Crippen molar-refractivity contribution < 1.29 is 14.3 Å². The van der Waals surface area contributed by atoms with Crippen LogP contribution >= 0.6 is 0 Å². The summed E-state index contributed by atoms with van der Waals surface area (Å²) in [6.45, 7) is 0.449. The molecule has 2 aromatic carbocycles. The molecular formula is C20H20N4O3. The molecule has 0 aliphatic carbocycles. The number of carbonyl (C=O) groups is 1. The Morgan fingerprint density at radius 1 is 1.19 bits per heavy atom. The maximum absolute atomic E-state index is 11.9. The predicted octanol–water partition coefficient (Wildman–Crippen LogP) is 2.77. The van der Waals surface area contributed by atoms with E-state index in [0.717, 1.165) is 11.1 Å². The molecule has 0 unspecified atom stereocenters. The van der Waals surface area contributed by atoms with Crippen molar-refractivity contribution in [2.24, 2.45) is 12.1 Å². The third kappa shape index (κ3) is 4.94. The first kappa shape index (κ1) is 18.2. The van der Waals surface area contributed by atoms with E-state index in [2.05, 4.69) is 15.6 Å². The highest BCUT2D eigenvalue weighted by Gasteiger charge is 2.08. The summed E-state index contributed by atoms with van der Waals surface area (Å²) in [5, 5.41) is 7.97. The zero-order valence-electron chi connectivity index (χ0n) is 15.1. The van der Waals surface area contributed by atoms with Crippen molar-refractivity contribution in [2.75, 3.05) is 7.11 Å². The van der Waals surface area contributed by atoms with E-state index in [1.807, 2.05) is 42.5 Å². The fraction of sp³-hybridized carbons (Fsp3) is 0.150. The van der Waals surface area contributed by atoms with Crippen LogP contribution in [0.25, 0.3) is 0 Å². The number of hydrazone groups is 1. The maximum atomic E-state index is 11.9. The molecule has 1 heterocycles. The van der Waals surface area contributed by atoms with E-state index >= 15 is 0 Å². The van der Waals surface area contributed by atoms with Gasteiger partial charge in [-0.05, 0) is 35.4 Å². The van der Waals surface area contributed by atoms with Gasteiger partial charge >= 0.3 is 0 Å². The minimum absolute atomic E-state index is 0.303. The third-order valence-corrected chi connectivity index (χ3v) is 3.75. The van der Waals surface area contributed by atoms with Crippen molar-refractivity contribution in [3.8, 4) is 11.5 Å². The summed E-state index contributed by atoms with van der Waals surface area (Å²) in [6, 6.07) is 16.9. The van der Waals surface area contributed by atoms with Gasteiger partial charge in [-0.2, -0.15) is 10.2 Å². The molecule has 27 heavy (non-hydrogen) atoms. The van der Waals surface area contributed by atoms with Gasteiger partial charge in [0, 0.05) is 13.2 Å². The van der Waals surface area contributed by atoms with E-state index in [4.69, 9.17) is 9.47 Å². The largest absolute Gasteiger partial charge is 0.493 e. The number of hydrogen-bond donors (Lipinski definition) is 1. The number of benzene rings is 2. The Balaban J connectivity index is 1.62. The Kier molecular flexibility index (Phi) is 5.84. The molecule has 0 spiro atoms. The van der Waals surface area contributed by atoms with Crippen LogP contribution in [0.4, 0.5) is 0 Å². The molecule has 0 saturated carbocycles. The van der Waals surface area contributed by atoms with Crippen LogP contribution in [0, 0.1) is 0 Å². The van der Waals surface area contributed by atoms with Gasteiger partial charge in [0.25, 0.3) is 5.91 Å². The van der Waals surface area contributed by atoms with E-state index in [-0.39, 0.29) is 5.91 Å². The monoisotopic (exact) mass is 364 g/mol. The zero-order chi connectivity index (χ0) is 19.1. The SMILES string of the molecule is COc1cc(/C=N\NC(=O)c2ccn(C)n2)ccc1OCc1ccccc1. The van der Waals surface area contributed by atoms with Gasteiger partial charge in [0.15, 0.2) is 17.2 Å². The molecular weight excluding hydrogens is 344 g/mol. The Labute approximate surface area is 157 Å². The number of amides is 1.